The van der Waals surface area contributed by atoms with Crippen molar-refractivity contribution in [1.82, 2.24) is 0 Å². The van der Waals surface area contributed by atoms with E-state index in [1.54, 1.807) is 0 Å². The van der Waals surface area contributed by atoms with Crippen molar-refractivity contribution in [3.8, 4) is 0 Å². The number of rotatable bonds is 1. The Morgan fingerprint density at radius 1 is 1.05 bits per heavy atom. The number of aryl methyl sites for hydroxylation is 1. The Kier molecular flexibility index (Phi) is 2.97. The zero-order valence-electron chi connectivity index (χ0n) is 13.3. The summed E-state index contributed by atoms with van der Waals surface area (Å²) in [5, 5.41) is 2.43. The van der Waals surface area contributed by atoms with E-state index in [0.29, 0.717) is 5.92 Å². The molecule has 3 aromatic rings. The van der Waals surface area contributed by atoms with Crippen LogP contribution in [-0.4, -0.2) is 0 Å². The summed E-state index contributed by atoms with van der Waals surface area (Å²) in [5.41, 5.74) is 7.29. The molecule has 1 unspecified atom stereocenters. The molecule has 2 aromatic carbocycles. The average molecular weight is 288 g/mol. The van der Waals surface area contributed by atoms with E-state index in [2.05, 4.69) is 69.3 Å². The highest BCUT2D eigenvalue weighted by Crippen LogP contribution is 2.36. The Labute approximate surface area is 130 Å². The Bertz CT molecular complexity index is 937. The third-order valence-corrected chi connectivity index (χ3v) is 4.73. The molecule has 0 fully saturated rings. The Morgan fingerprint density at radius 3 is 2.77 bits per heavy atom. The molecular weight excluding hydrogens is 268 g/mol. The minimum Gasteiger partial charge on any atom is -0.456 e. The van der Waals surface area contributed by atoms with Gasteiger partial charge in [-0.05, 0) is 55.0 Å². The quantitative estimate of drug-likeness (QED) is 0.514. The van der Waals surface area contributed by atoms with Crippen LogP contribution in [0.15, 0.2) is 58.5 Å². The Morgan fingerprint density at radius 2 is 1.91 bits per heavy atom. The second kappa shape index (κ2) is 4.88. The number of fused-ring (bicyclic) bond motifs is 3. The average Bonchev–Trinajstić information content (AvgIpc) is 2.89. The highest BCUT2D eigenvalue weighted by molar-refractivity contribution is 6.06. The molecule has 0 aliphatic heterocycles. The maximum Gasteiger partial charge on any atom is 0.138 e. The molecule has 1 atom stereocenters. The van der Waals surface area contributed by atoms with Gasteiger partial charge in [-0.1, -0.05) is 48.9 Å². The molecule has 1 heterocycles. The van der Waals surface area contributed by atoms with Gasteiger partial charge in [0.1, 0.15) is 11.2 Å². The van der Waals surface area contributed by atoms with Gasteiger partial charge in [0.15, 0.2) is 0 Å². The van der Waals surface area contributed by atoms with Crippen LogP contribution in [0.3, 0.4) is 0 Å². The summed E-state index contributed by atoms with van der Waals surface area (Å²) in [7, 11) is 0. The monoisotopic (exact) mass is 288 g/mol. The molecule has 0 amide bonds. The van der Waals surface area contributed by atoms with E-state index in [1.807, 2.05) is 0 Å². The lowest BCUT2D eigenvalue weighted by Crippen LogP contribution is -2.02. The van der Waals surface area contributed by atoms with Crippen LogP contribution in [0.25, 0.3) is 27.5 Å². The molecule has 0 saturated carbocycles. The smallest absolute Gasteiger partial charge is 0.138 e. The zero-order chi connectivity index (χ0) is 15.3. The number of para-hydroxylation sites is 1. The van der Waals surface area contributed by atoms with Crippen molar-refractivity contribution >= 4 is 27.5 Å². The first-order chi connectivity index (χ1) is 10.6. The second-order valence-corrected chi connectivity index (χ2v) is 6.45. The molecule has 1 aliphatic carbocycles. The molecule has 0 spiro atoms. The third kappa shape index (κ3) is 2.00. The molecule has 0 N–H and O–H groups in total. The summed E-state index contributed by atoms with van der Waals surface area (Å²) in [5.74, 6) is 0.570. The third-order valence-electron chi connectivity index (χ3n) is 4.73. The molecule has 1 aromatic heterocycles. The second-order valence-electron chi connectivity index (χ2n) is 6.45. The van der Waals surface area contributed by atoms with Crippen molar-refractivity contribution in [3.63, 3.8) is 0 Å². The largest absolute Gasteiger partial charge is 0.456 e. The summed E-state index contributed by atoms with van der Waals surface area (Å²) in [6.07, 6.45) is 5.77. The van der Waals surface area contributed by atoms with Gasteiger partial charge in [0.25, 0.3) is 0 Å². The summed E-state index contributed by atoms with van der Waals surface area (Å²) in [4.78, 5) is 0. The fourth-order valence-corrected chi connectivity index (χ4v) is 3.42. The number of allylic oxidation sites excluding steroid dienone is 4. The van der Waals surface area contributed by atoms with Gasteiger partial charge in [-0.3, -0.25) is 0 Å². The summed E-state index contributed by atoms with van der Waals surface area (Å²) in [6, 6.07) is 13.0. The van der Waals surface area contributed by atoms with E-state index in [4.69, 9.17) is 4.42 Å². The Balaban J connectivity index is 1.96. The topological polar surface area (TPSA) is 13.1 Å². The van der Waals surface area contributed by atoms with Gasteiger partial charge >= 0.3 is 0 Å². The first-order valence-corrected chi connectivity index (χ1v) is 7.94. The van der Waals surface area contributed by atoms with Crippen LogP contribution in [0, 0.1) is 12.8 Å². The van der Waals surface area contributed by atoms with Gasteiger partial charge in [-0.25, -0.2) is 0 Å². The minimum atomic E-state index is 0.570. The lowest BCUT2D eigenvalue weighted by molar-refractivity contribution is 0.665. The van der Waals surface area contributed by atoms with Crippen molar-refractivity contribution < 1.29 is 4.42 Å². The van der Waals surface area contributed by atoms with Crippen LogP contribution in [-0.2, 0) is 0 Å². The molecule has 1 aliphatic rings. The molecule has 1 heteroatoms. The standard InChI is InChI=1S/C21H20O/c1-13-7-8-14(2)18(11-13)16-9-10-20-19(12-16)17-6-4-5-15(3)21(17)22-20/h4-7,9-12,14H,8H2,1-3H3. The van der Waals surface area contributed by atoms with Crippen molar-refractivity contribution in [3.05, 3.63) is 65.3 Å². The van der Waals surface area contributed by atoms with E-state index in [-0.39, 0.29) is 0 Å². The maximum atomic E-state index is 6.04. The van der Waals surface area contributed by atoms with Crippen molar-refractivity contribution in [2.75, 3.05) is 0 Å². The SMILES string of the molecule is CC1=CCC(C)C(c2ccc3oc4c(C)cccc4c3c2)=C1. The fourth-order valence-electron chi connectivity index (χ4n) is 3.42. The fraction of sp³-hybridized carbons (Fsp3) is 0.238. The molecule has 0 saturated heterocycles. The Hall–Kier alpha value is -2.28. The van der Waals surface area contributed by atoms with Crippen LogP contribution in [0.5, 0.6) is 0 Å². The van der Waals surface area contributed by atoms with Crippen LogP contribution in [0.2, 0.25) is 0 Å². The summed E-state index contributed by atoms with van der Waals surface area (Å²) < 4.78 is 6.04. The van der Waals surface area contributed by atoms with Gasteiger partial charge in [0.2, 0.25) is 0 Å². The zero-order valence-corrected chi connectivity index (χ0v) is 13.3. The lowest BCUT2D eigenvalue weighted by atomic mass is 9.85. The molecule has 110 valence electrons. The predicted octanol–water partition coefficient (Wildman–Crippen LogP) is 6.26. The van der Waals surface area contributed by atoms with Crippen LogP contribution >= 0.6 is 0 Å². The number of hydrogen-bond acceptors (Lipinski definition) is 1. The first-order valence-electron chi connectivity index (χ1n) is 7.94. The molecule has 22 heavy (non-hydrogen) atoms. The molecular formula is C21H20O. The molecule has 1 nitrogen and oxygen atoms in total. The van der Waals surface area contributed by atoms with Crippen LogP contribution < -0.4 is 0 Å². The van der Waals surface area contributed by atoms with Crippen LogP contribution in [0.1, 0.15) is 31.4 Å². The minimum absolute atomic E-state index is 0.570. The summed E-state index contributed by atoms with van der Waals surface area (Å²) in [6.45, 7) is 6.59. The highest BCUT2D eigenvalue weighted by Gasteiger charge is 2.16. The molecule has 4 rings (SSSR count). The van der Waals surface area contributed by atoms with Gasteiger partial charge in [-0.2, -0.15) is 0 Å². The maximum absolute atomic E-state index is 6.04. The van der Waals surface area contributed by atoms with E-state index < -0.39 is 0 Å². The molecule has 0 radical (unpaired) electrons. The van der Waals surface area contributed by atoms with E-state index >= 15 is 0 Å². The van der Waals surface area contributed by atoms with Crippen LogP contribution in [0.4, 0.5) is 0 Å². The number of benzene rings is 2. The van der Waals surface area contributed by atoms with Crippen molar-refractivity contribution in [2.24, 2.45) is 5.92 Å². The van der Waals surface area contributed by atoms with Gasteiger partial charge < -0.3 is 4.42 Å². The van der Waals surface area contributed by atoms with Gasteiger partial charge in [0.05, 0.1) is 0 Å². The number of furan rings is 1. The normalized spacial score (nSPS) is 18.6. The lowest BCUT2D eigenvalue weighted by Gasteiger charge is -2.19. The first kappa shape index (κ1) is 13.4. The molecule has 0 bridgehead atoms. The van der Waals surface area contributed by atoms with E-state index in [9.17, 15) is 0 Å². The van der Waals surface area contributed by atoms with Crippen molar-refractivity contribution in [1.29, 1.82) is 0 Å². The predicted molar refractivity (Wildman–Crippen MR) is 94.0 cm³/mol. The van der Waals surface area contributed by atoms with Crippen molar-refractivity contribution in [2.45, 2.75) is 27.2 Å². The summed E-state index contributed by atoms with van der Waals surface area (Å²) >= 11 is 0. The highest BCUT2D eigenvalue weighted by atomic mass is 16.3. The van der Waals surface area contributed by atoms with Gasteiger partial charge in [-0.15, -0.1) is 0 Å². The van der Waals surface area contributed by atoms with E-state index in [1.165, 1.54) is 33.0 Å². The van der Waals surface area contributed by atoms with Gasteiger partial charge in [0, 0.05) is 10.8 Å². The van der Waals surface area contributed by atoms with E-state index in [0.717, 1.165) is 17.6 Å². The number of hydrogen-bond donors (Lipinski definition) is 0.